The number of fused-ring (bicyclic) bond motifs is 6. The number of pyridine rings is 1. The quantitative estimate of drug-likeness (QED) is 0.157. The monoisotopic (exact) mass is 720 g/mol. The van der Waals surface area contributed by atoms with Crippen molar-refractivity contribution in [1.82, 2.24) is 4.98 Å². The first-order valence-electron chi connectivity index (χ1n) is 20.1. The van der Waals surface area contributed by atoms with Crippen molar-refractivity contribution < 1.29 is 0 Å². The molecule has 0 spiro atoms. The summed E-state index contributed by atoms with van der Waals surface area (Å²) >= 11 is 0. The minimum Gasteiger partial charge on any atom is -0.280 e. The van der Waals surface area contributed by atoms with Gasteiger partial charge in [-0.1, -0.05) is 172 Å². The first-order valence-corrected chi connectivity index (χ1v) is 20.1. The minimum absolute atomic E-state index is 0.0385. The van der Waals surface area contributed by atoms with E-state index in [1.165, 1.54) is 76.8 Å². The Hall–Kier alpha value is -6.38. The van der Waals surface area contributed by atoms with Gasteiger partial charge in [0.15, 0.2) is 0 Å². The zero-order valence-corrected chi connectivity index (χ0v) is 31.9. The molecule has 0 saturated carbocycles. The molecule has 0 bridgehead atoms. The topological polar surface area (TPSA) is 25.2 Å². The van der Waals surface area contributed by atoms with Crippen molar-refractivity contribution >= 4 is 48.8 Å². The molecular weight excluding hydrogens is 677 g/mol. The summed E-state index contributed by atoms with van der Waals surface area (Å²) in [5.74, 6) is 0.978. The van der Waals surface area contributed by atoms with Crippen molar-refractivity contribution in [3.05, 3.63) is 199 Å². The maximum atomic E-state index is 5.86. The summed E-state index contributed by atoms with van der Waals surface area (Å²) in [7, 11) is 0. The fourth-order valence-corrected chi connectivity index (χ4v) is 9.57. The molecule has 0 aliphatic carbocycles. The van der Waals surface area contributed by atoms with Gasteiger partial charge in [-0.25, -0.2) is 0 Å². The Balaban J connectivity index is 1.11. The van der Waals surface area contributed by atoms with Crippen LogP contribution in [0.25, 0.3) is 65.3 Å². The van der Waals surface area contributed by atoms with Crippen LogP contribution in [-0.4, -0.2) is 10.7 Å². The van der Waals surface area contributed by atoms with Crippen LogP contribution in [0.15, 0.2) is 187 Å². The fraction of sp³-hybridized carbons (Fsp3) is 0.148. The Kier molecular flexibility index (Phi) is 8.75. The Morgan fingerprint density at radius 1 is 0.500 bits per heavy atom. The average molecular weight is 721 g/mol. The van der Waals surface area contributed by atoms with Crippen LogP contribution in [0.2, 0.25) is 0 Å². The smallest absolute Gasteiger partial charge is 0.0778 e. The molecule has 1 aliphatic heterocycles. The summed E-state index contributed by atoms with van der Waals surface area (Å²) in [5, 5.41) is 9.98. The lowest BCUT2D eigenvalue weighted by Crippen LogP contribution is -2.22. The molecule has 1 aromatic heterocycles. The number of aliphatic imine (C=N–C) groups is 1. The lowest BCUT2D eigenvalue weighted by molar-refractivity contribution is 0.382. The number of hydrogen-bond donors (Lipinski definition) is 0. The van der Waals surface area contributed by atoms with Gasteiger partial charge in [0.05, 0.1) is 6.04 Å². The standard InChI is InChI=1S/C54H44N2/c1-3-47-49(38-13-5-4-6-14-38)30-35(2)53(41-26-20-37(21-27-41)43-28-22-36-12-7-8-16-42(36)31-43)56-54(47)45-18-11-17-44(32-45)50-34-55-33-46-29-25-40-24-23-39-15-9-10-19-48(39)51(40)52(46)50/h4-29,31-35,47,49,53H,3,30H2,1-2H3. The van der Waals surface area contributed by atoms with Gasteiger partial charge < -0.3 is 0 Å². The van der Waals surface area contributed by atoms with Crippen LogP contribution in [0.4, 0.5) is 0 Å². The van der Waals surface area contributed by atoms with Gasteiger partial charge in [0.2, 0.25) is 0 Å². The first-order chi connectivity index (χ1) is 27.6. The molecule has 1 aliphatic rings. The molecule has 56 heavy (non-hydrogen) atoms. The maximum Gasteiger partial charge on any atom is 0.0778 e. The highest BCUT2D eigenvalue weighted by Gasteiger charge is 2.35. The van der Waals surface area contributed by atoms with Crippen molar-refractivity contribution in [2.45, 2.75) is 38.6 Å². The molecule has 270 valence electrons. The predicted molar refractivity (Wildman–Crippen MR) is 238 cm³/mol. The zero-order valence-electron chi connectivity index (χ0n) is 31.9. The largest absolute Gasteiger partial charge is 0.280 e. The molecule has 4 unspecified atom stereocenters. The Labute approximate surface area is 329 Å². The van der Waals surface area contributed by atoms with Gasteiger partial charge in [0.1, 0.15) is 0 Å². The third kappa shape index (κ3) is 6.07. The molecule has 2 nitrogen and oxygen atoms in total. The lowest BCUT2D eigenvalue weighted by Gasteiger charge is -2.28. The summed E-state index contributed by atoms with van der Waals surface area (Å²) in [6, 6.07) is 62.6. The lowest BCUT2D eigenvalue weighted by atomic mass is 9.75. The van der Waals surface area contributed by atoms with E-state index in [1.54, 1.807) is 0 Å². The van der Waals surface area contributed by atoms with Crippen LogP contribution in [0, 0.1) is 11.8 Å². The Morgan fingerprint density at radius 3 is 2.00 bits per heavy atom. The third-order valence-corrected chi connectivity index (χ3v) is 12.4. The Morgan fingerprint density at radius 2 is 1.18 bits per heavy atom. The molecule has 9 aromatic rings. The minimum atomic E-state index is 0.0385. The maximum absolute atomic E-state index is 5.86. The van der Waals surface area contributed by atoms with E-state index in [9.17, 15) is 0 Å². The normalized spacial score (nSPS) is 18.6. The van der Waals surface area contributed by atoms with Crippen molar-refractivity contribution in [1.29, 1.82) is 0 Å². The van der Waals surface area contributed by atoms with Crippen LogP contribution < -0.4 is 0 Å². The van der Waals surface area contributed by atoms with Crippen LogP contribution in [0.3, 0.4) is 0 Å². The molecule has 0 radical (unpaired) electrons. The summed E-state index contributed by atoms with van der Waals surface area (Å²) < 4.78 is 0. The van der Waals surface area contributed by atoms with E-state index in [0.717, 1.165) is 23.8 Å². The van der Waals surface area contributed by atoms with Crippen molar-refractivity contribution in [3.8, 4) is 22.3 Å². The average Bonchev–Trinajstić information content (AvgIpc) is 3.42. The second kappa shape index (κ2) is 14.4. The second-order valence-corrected chi connectivity index (χ2v) is 15.7. The van der Waals surface area contributed by atoms with E-state index in [4.69, 9.17) is 9.98 Å². The van der Waals surface area contributed by atoms with Gasteiger partial charge in [-0.2, -0.15) is 0 Å². The van der Waals surface area contributed by atoms with Gasteiger partial charge >= 0.3 is 0 Å². The number of aromatic nitrogens is 1. The molecule has 0 saturated heterocycles. The highest BCUT2D eigenvalue weighted by Crippen LogP contribution is 2.45. The van der Waals surface area contributed by atoms with E-state index in [-0.39, 0.29) is 12.0 Å². The summed E-state index contributed by atoms with van der Waals surface area (Å²) in [6.07, 6.45) is 6.14. The van der Waals surface area contributed by atoms with Crippen molar-refractivity contribution in [2.75, 3.05) is 0 Å². The van der Waals surface area contributed by atoms with Crippen molar-refractivity contribution in [3.63, 3.8) is 0 Å². The number of rotatable bonds is 6. The van der Waals surface area contributed by atoms with Crippen LogP contribution in [0.1, 0.15) is 55.3 Å². The molecule has 0 fully saturated rings. The van der Waals surface area contributed by atoms with E-state index in [0.29, 0.717) is 11.8 Å². The highest BCUT2D eigenvalue weighted by molar-refractivity contribution is 6.23. The molecule has 4 atom stereocenters. The molecule has 8 aromatic carbocycles. The van der Waals surface area contributed by atoms with Gasteiger partial charge in [0.25, 0.3) is 0 Å². The molecular formula is C54H44N2. The van der Waals surface area contributed by atoms with E-state index >= 15 is 0 Å². The van der Waals surface area contributed by atoms with Crippen LogP contribution >= 0.6 is 0 Å². The Bertz CT molecular complexity index is 2900. The van der Waals surface area contributed by atoms with Gasteiger partial charge in [-0.3, -0.25) is 9.98 Å². The van der Waals surface area contributed by atoms with E-state index < -0.39 is 0 Å². The number of hydrogen-bond acceptors (Lipinski definition) is 2. The van der Waals surface area contributed by atoms with Crippen molar-refractivity contribution in [2.24, 2.45) is 16.8 Å². The summed E-state index contributed by atoms with van der Waals surface area (Å²) in [6.45, 7) is 4.75. The molecule has 0 N–H and O–H groups in total. The molecule has 2 heterocycles. The summed E-state index contributed by atoms with van der Waals surface area (Å²) in [4.78, 5) is 10.6. The van der Waals surface area contributed by atoms with Crippen LogP contribution in [0.5, 0.6) is 0 Å². The van der Waals surface area contributed by atoms with Gasteiger partial charge in [-0.05, 0) is 103 Å². The zero-order chi connectivity index (χ0) is 37.6. The third-order valence-electron chi connectivity index (χ3n) is 12.4. The van der Waals surface area contributed by atoms with E-state index in [2.05, 4.69) is 190 Å². The molecule has 0 amide bonds. The second-order valence-electron chi connectivity index (χ2n) is 15.7. The van der Waals surface area contributed by atoms with Crippen LogP contribution in [-0.2, 0) is 0 Å². The van der Waals surface area contributed by atoms with Gasteiger partial charge in [0, 0.05) is 40.4 Å². The van der Waals surface area contributed by atoms with Gasteiger partial charge in [-0.15, -0.1) is 0 Å². The number of benzene rings is 8. The molecule has 2 heteroatoms. The fourth-order valence-electron chi connectivity index (χ4n) is 9.57. The highest BCUT2D eigenvalue weighted by atomic mass is 14.8. The molecule has 10 rings (SSSR count). The summed E-state index contributed by atoms with van der Waals surface area (Å²) in [5.41, 5.74) is 9.88. The predicted octanol–water partition coefficient (Wildman–Crippen LogP) is 14.4. The first kappa shape index (κ1) is 34.1. The SMILES string of the molecule is CCC1C(c2cccc(-c3cncc4ccc5ccc6ccccc6c5c34)c2)=NC(c2ccc(-c3ccc4ccccc4c3)cc2)C(C)CC1c1ccccc1. The van der Waals surface area contributed by atoms with E-state index in [1.807, 2.05) is 6.20 Å². The number of nitrogens with zero attached hydrogens (tertiary/aromatic N) is 2.